The second-order valence-corrected chi connectivity index (χ2v) is 5.91. The van der Waals surface area contributed by atoms with Crippen molar-refractivity contribution in [3.8, 4) is 0 Å². The van der Waals surface area contributed by atoms with Crippen molar-refractivity contribution in [3.05, 3.63) is 0 Å². The van der Waals surface area contributed by atoms with E-state index in [-0.39, 0.29) is 0 Å². The molecule has 0 aliphatic carbocycles. The van der Waals surface area contributed by atoms with Gasteiger partial charge in [0.1, 0.15) is 0 Å². The van der Waals surface area contributed by atoms with Crippen LogP contribution < -0.4 is 0 Å². The van der Waals surface area contributed by atoms with Gasteiger partial charge in [-0.3, -0.25) is 0 Å². The first-order valence-electron chi connectivity index (χ1n) is 6.80. The molecule has 1 atom stereocenters. The van der Waals surface area contributed by atoms with E-state index in [4.69, 9.17) is 4.74 Å². The van der Waals surface area contributed by atoms with Gasteiger partial charge in [0.05, 0.1) is 6.61 Å². The normalized spacial score (nSPS) is 14.3. The van der Waals surface area contributed by atoms with Gasteiger partial charge in [0, 0.05) is 25.0 Å². The molecule has 0 heterocycles. The minimum Gasteiger partial charge on any atom is -0.383 e. The van der Waals surface area contributed by atoms with Crippen molar-refractivity contribution >= 4 is 15.9 Å². The molecule has 0 bridgehead atoms. The second-order valence-electron chi connectivity index (χ2n) is 5.35. The predicted molar refractivity (Wildman–Crippen MR) is 80.0 cm³/mol. The van der Waals surface area contributed by atoms with E-state index in [0.717, 1.165) is 18.5 Å². The van der Waals surface area contributed by atoms with Crippen molar-refractivity contribution in [1.29, 1.82) is 0 Å². The van der Waals surface area contributed by atoms with Crippen LogP contribution in [0.25, 0.3) is 0 Å². The number of halogens is 1. The first kappa shape index (κ1) is 17.4. The molecule has 3 heteroatoms. The van der Waals surface area contributed by atoms with Crippen LogP contribution in [0.4, 0.5) is 0 Å². The van der Waals surface area contributed by atoms with Crippen molar-refractivity contribution in [2.75, 3.05) is 32.6 Å². The molecule has 0 amide bonds. The monoisotopic (exact) mass is 307 g/mol. The van der Waals surface area contributed by atoms with E-state index < -0.39 is 0 Å². The van der Waals surface area contributed by atoms with Crippen molar-refractivity contribution in [2.45, 2.75) is 52.5 Å². The van der Waals surface area contributed by atoms with E-state index in [1.165, 1.54) is 25.7 Å². The molecule has 0 aliphatic rings. The van der Waals surface area contributed by atoms with Crippen LogP contribution in [0.15, 0.2) is 0 Å². The minimum absolute atomic E-state index is 0.431. The number of hydrogen-bond donors (Lipinski definition) is 0. The lowest BCUT2D eigenvalue weighted by atomic mass is 9.80. The Morgan fingerprint density at radius 3 is 2.12 bits per heavy atom. The van der Waals surface area contributed by atoms with E-state index in [1.54, 1.807) is 7.11 Å². The molecule has 0 aromatic carbocycles. The maximum absolute atomic E-state index is 5.24. The number of likely N-dealkylation sites (N-methyl/N-ethyl adjacent to an activating group) is 1. The summed E-state index contributed by atoms with van der Waals surface area (Å²) < 4.78 is 5.24. The molecule has 1 unspecified atom stereocenters. The summed E-state index contributed by atoms with van der Waals surface area (Å²) in [5.41, 5.74) is 0.431. The summed E-state index contributed by atoms with van der Waals surface area (Å²) in [6.07, 6.45) is 5.13. The molecule has 104 valence electrons. The molecule has 0 N–H and O–H groups in total. The molecule has 2 nitrogen and oxygen atoms in total. The lowest BCUT2D eigenvalue weighted by Crippen LogP contribution is -2.42. The molecular weight excluding hydrogens is 278 g/mol. The maximum atomic E-state index is 5.24. The Hall–Kier alpha value is 0.400. The van der Waals surface area contributed by atoms with E-state index in [0.29, 0.717) is 11.5 Å². The van der Waals surface area contributed by atoms with Gasteiger partial charge in [0.15, 0.2) is 0 Å². The lowest BCUT2D eigenvalue weighted by Gasteiger charge is -2.38. The quantitative estimate of drug-likeness (QED) is 0.567. The van der Waals surface area contributed by atoms with Gasteiger partial charge >= 0.3 is 0 Å². The van der Waals surface area contributed by atoms with Crippen molar-refractivity contribution in [3.63, 3.8) is 0 Å². The summed E-state index contributed by atoms with van der Waals surface area (Å²) in [5, 5.41) is 1.10. The highest BCUT2D eigenvalue weighted by Gasteiger charge is 2.29. The smallest absolute Gasteiger partial charge is 0.0615 e. The van der Waals surface area contributed by atoms with Crippen molar-refractivity contribution in [1.82, 2.24) is 4.90 Å². The van der Waals surface area contributed by atoms with Gasteiger partial charge < -0.3 is 9.64 Å². The highest BCUT2D eigenvalue weighted by Crippen LogP contribution is 2.33. The zero-order valence-corrected chi connectivity index (χ0v) is 13.8. The lowest BCUT2D eigenvalue weighted by molar-refractivity contribution is 0.0807. The molecule has 0 fully saturated rings. The van der Waals surface area contributed by atoms with Crippen molar-refractivity contribution < 1.29 is 4.74 Å². The van der Waals surface area contributed by atoms with Crippen LogP contribution in [0.5, 0.6) is 0 Å². The third-order valence-electron chi connectivity index (χ3n) is 3.59. The number of alkyl halides is 1. The zero-order valence-electron chi connectivity index (χ0n) is 12.3. The van der Waals surface area contributed by atoms with E-state index in [9.17, 15) is 0 Å². The van der Waals surface area contributed by atoms with Gasteiger partial charge in [-0.25, -0.2) is 0 Å². The number of hydrogen-bond acceptors (Lipinski definition) is 2. The highest BCUT2D eigenvalue weighted by molar-refractivity contribution is 9.09. The first-order valence-corrected chi connectivity index (χ1v) is 7.92. The van der Waals surface area contributed by atoms with Crippen LogP contribution in [0.3, 0.4) is 0 Å². The highest BCUT2D eigenvalue weighted by atomic mass is 79.9. The number of rotatable bonds is 10. The van der Waals surface area contributed by atoms with Crippen LogP contribution in [-0.2, 0) is 4.74 Å². The molecule has 0 saturated carbocycles. The summed E-state index contributed by atoms with van der Waals surface area (Å²) in [5.74, 6) is 0. The van der Waals surface area contributed by atoms with E-state index >= 15 is 0 Å². The average molecular weight is 308 g/mol. The van der Waals surface area contributed by atoms with Gasteiger partial charge in [-0.05, 0) is 32.2 Å². The van der Waals surface area contributed by atoms with E-state index in [1.807, 2.05) is 0 Å². The van der Waals surface area contributed by atoms with Gasteiger partial charge in [0.2, 0.25) is 0 Å². The fourth-order valence-electron chi connectivity index (χ4n) is 2.57. The molecular formula is C14H30BrNO. The largest absolute Gasteiger partial charge is 0.383 e. The second kappa shape index (κ2) is 9.35. The Morgan fingerprint density at radius 2 is 1.76 bits per heavy atom. The summed E-state index contributed by atoms with van der Waals surface area (Å²) >= 11 is 3.73. The van der Waals surface area contributed by atoms with E-state index in [2.05, 4.69) is 48.6 Å². The Kier molecular flexibility index (Phi) is 9.57. The molecule has 0 aliphatic heterocycles. The minimum atomic E-state index is 0.431. The van der Waals surface area contributed by atoms with Crippen LogP contribution in [0.2, 0.25) is 0 Å². The third-order valence-corrected chi connectivity index (χ3v) is 4.78. The van der Waals surface area contributed by atoms with Crippen LogP contribution in [-0.4, -0.2) is 43.6 Å². The number of methoxy groups -OCH3 is 1. The maximum Gasteiger partial charge on any atom is 0.0615 e. The Morgan fingerprint density at radius 1 is 1.24 bits per heavy atom. The molecule has 0 aromatic rings. The third kappa shape index (κ3) is 6.21. The zero-order chi connectivity index (χ0) is 13.3. The predicted octanol–water partition coefficient (Wildman–Crippen LogP) is 3.93. The summed E-state index contributed by atoms with van der Waals surface area (Å²) in [7, 11) is 3.99. The molecule has 0 rings (SSSR count). The SMILES string of the molecule is CCCC(CBr)(CCC)CN(C)C(C)COC. The Bertz CT molecular complexity index is 181. The fraction of sp³-hybridized carbons (Fsp3) is 1.00. The Balaban J connectivity index is 4.49. The first-order chi connectivity index (χ1) is 8.05. The summed E-state index contributed by atoms with van der Waals surface area (Å²) in [4.78, 5) is 2.44. The molecule has 17 heavy (non-hydrogen) atoms. The number of ether oxygens (including phenoxy) is 1. The van der Waals surface area contributed by atoms with Gasteiger partial charge in [0.25, 0.3) is 0 Å². The number of nitrogens with zero attached hydrogens (tertiary/aromatic N) is 1. The van der Waals surface area contributed by atoms with Crippen LogP contribution in [0.1, 0.15) is 46.5 Å². The van der Waals surface area contributed by atoms with Crippen molar-refractivity contribution in [2.24, 2.45) is 5.41 Å². The van der Waals surface area contributed by atoms with Gasteiger partial charge in [-0.1, -0.05) is 42.6 Å². The van der Waals surface area contributed by atoms with Gasteiger partial charge in [-0.2, -0.15) is 0 Å². The summed E-state index contributed by atoms with van der Waals surface area (Å²) in [6.45, 7) is 8.77. The van der Waals surface area contributed by atoms with Crippen LogP contribution >= 0.6 is 15.9 Å². The summed E-state index contributed by atoms with van der Waals surface area (Å²) in [6, 6.07) is 0.493. The Labute approximate surface area is 116 Å². The van der Waals surface area contributed by atoms with Crippen LogP contribution in [0, 0.1) is 5.41 Å². The molecule has 0 radical (unpaired) electrons. The molecule has 0 aromatic heterocycles. The standard InChI is InChI=1S/C14H30BrNO/c1-6-8-14(11-15,9-7-2)12-16(4)13(3)10-17-5/h13H,6-12H2,1-5H3. The molecule has 0 saturated heterocycles. The average Bonchev–Trinajstić information content (AvgIpc) is 2.29. The molecule has 0 spiro atoms. The van der Waals surface area contributed by atoms with Gasteiger partial charge in [-0.15, -0.1) is 0 Å². The fourth-order valence-corrected chi connectivity index (χ4v) is 3.31. The topological polar surface area (TPSA) is 12.5 Å².